The van der Waals surface area contributed by atoms with Gasteiger partial charge in [0.15, 0.2) is 15.7 Å². The zero-order chi connectivity index (χ0) is 31.9. The number of aromatic nitrogens is 5. The number of benzene rings is 3. The summed E-state index contributed by atoms with van der Waals surface area (Å²) in [7, 11) is -3.40. The molecule has 5 aromatic rings. The Hall–Kier alpha value is -4.62. The molecule has 234 valence electrons. The Morgan fingerprint density at radius 1 is 0.978 bits per heavy atom. The number of thiazole rings is 1. The number of ether oxygens (including phenoxy) is 2. The summed E-state index contributed by atoms with van der Waals surface area (Å²) in [6.45, 7) is 6.69. The fourth-order valence-corrected chi connectivity index (χ4v) is 6.61. The van der Waals surface area contributed by atoms with Crippen molar-refractivity contribution in [2.24, 2.45) is 0 Å². The van der Waals surface area contributed by atoms with Gasteiger partial charge in [0.25, 0.3) is 5.91 Å². The summed E-state index contributed by atoms with van der Waals surface area (Å²) in [5.41, 5.74) is 2.64. The Kier molecular flexibility index (Phi) is 9.89. The maximum atomic E-state index is 13.4. The van der Waals surface area contributed by atoms with E-state index in [9.17, 15) is 13.2 Å². The average Bonchev–Trinajstić information content (AvgIpc) is 3.73. The highest BCUT2D eigenvalue weighted by atomic mass is 32.2. The number of H-pyrrole nitrogens is 1. The molecule has 0 spiro atoms. The molecular formula is C32H34N6O5S2. The first-order chi connectivity index (χ1) is 21.6. The molecule has 0 fully saturated rings. The van der Waals surface area contributed by atoms with E-state index >= 15 is 0 Å². The summed E-state index contributed by atoms with van der Waals surface area (Å²) in [6, 6.07) is 20.7. The fourth-order valence-electron chi connectivity index (χ4n) is 4.34. The summed E-state index contributed by atoms with van der Waals surface area (Å²) in [4.78, 5) is 18.4. The predicted molar refractivity (Wildman–Crippen MR) is 171 cm³/mol. The number of aryl methyl sites for hydroxylation is 1. The molecule has 0 bridgehead atoms. The van der Waals surface area contributed by atoms with E-state index in [2.05, 4.69) is 51.7 Å². The summed E-state index contributed by atoms with van der Waals surface area (Å²) < 4.78 is 37.3. The second kappa shape index (κ2) is 14.0. The number of hydrogen-bond donors (Lipinski definition) is 2. The lowest BCUT2D eigenvalue weighted by atomic mass is 9.93. The maximum absolute atomic E-state index is 13.4. The lowest BCUT2D eigenvalue weighted by Gasteiger charge is -2.14. The van der Waals surface area contributed by atoms with Crippen molar-refractivity contribution in [3.8, 4) is 11.5 Å². The molecule has 0 saturated carbocycles. The quantitative estimate of drug-likeness (QED) is 0.163. The third-order valence-electron chi connectivity index (χ3n) is 6.81. The Morgan fingerprint density at radius 3 is 2.53 bits per heavy atom. The van der Waals surface area contributed by atoms with Crippen LogP contribution < -0.4 is 14.8 Å². The van der Waals surface area contributed by atoms with Crippen LogP contribution >= 0.6 is 11.3 Å². The molecule has 0 atom stereocenters. The van der Waals surface area contributed by atoms with Gasteiger partial charge in [-0.1, -0.05) is 51.1 Å². The van der Waals surface area contributed by atoms with Gasteiger partial charge in [0.05, 0.1) is 22.0 Å². The number of nitrogens with zero attached hydrogens (tertiary/aromatic N) is 4. The van der Waals surface area contributed by atoms with Gasteiger partial charge in [-0.25, -0.2) is 18.5 Å². The van der Waals surface area contributed by atoms with E-state index in [1.54, 1.807) is 78.1 Å². The van der Waals surface area contributed by atoms with Gasteiger partial charge in [0.1, 0.15) is 29.7 Å². The molecule has 0 aliphatic heterocycles. The molecule has 0 unspecified atom stereocenters. The van der Waals surface area contributed by atoms with Gasteiger partial charge < -0.3 is 14.8 Å². The van der Waals surface area contributed by atoms with E-state index in [-0.39, 0.29) is 23.7 Å². The molecule has 0 aliphatic rings. The zero-order valence-electron chi connectivity index (χ0n) is 25.2. The summed E-state index contributed by atoms with van der Waals surface area (Å²) in [5.74, 6) is 1.01. The minimum Gasteiger partial charge on any atom is -0.486 e. The Balaban J connectivity index is 1.27. The van der Waals surface area contributed by atoms with Crippen molar-refractivity contribution >= 4 is 32.8 Å². The van der Waals surface area contributed by atoms with Crippen LogP contribution in [0.5, 0.6) is 11.5 Å². The summed E-state index contributed by atoms with van der Waals surface area (Å²) in [6.07, 6.45) is 0.891. The van der Waals surface area contributed by atoms with Crippen molar-refractivity contribution in [1.82, 2.24) is 25.6 Å². The number of aromatic amines is 1. The fraction of sp³-hybridized carbons (Fsp3) is 0.281. The van der Waals surface area contributed by atoms with Gasteiger partial charge in [-0.15, -0.1) is 16.4 Å². The van der Waals surface area contributed by atoms with Crippen LogP contribution in [-0.4, -0.2) is 45.7 Å². The highest BCUT2D eigenvalue weighted by molar-refractivity contribution is 7.91. The van der Waals surface area contributed by atoms with Crippen LogP contribution in [-0.2, 0) is 34.9 Å². The molecule has 2 heterocycles. The third-order valence-corrected chi connectivity index (χ3v) is 9.44. The van der Waals surface area contributed by atoms with Gasteiger partial charge >= 0.3 is 0 Å². The highest BCUT2D eigenvalue weighted by Crippen LogP contribution is 2.29. The second-order valence-electron chi connectivity index (χ2n) is 11.3. The minimum absolute atomic E-state index is 0.000747. The highest BCUT2D eigenvalue weighted by Gasteiger charge is 2.18. The molecule has 45 heavy (non-hydrogen) atoms. The molecule has 2 aromatic heterocycles. The first-order valence-electron chi connectivity index (χ1n) is 14.3. The normalized spacial score (nSPS) is 11.7. The van der Waals surface area contributed by atoms with Gasteiger partial charge in [-0.2, -0.15) is 0 Å². The van der Waals surface area contributed by atoms with Gasteiger partial charge in [0.2, 0.25) is 0 Å². The Labute approximate surface area is 266 Å². The van der Waals surface area contributed by atoms with Crippen molar-refractivity contribution in [2.45, 2.75) is 57.1 Å². The second-order valence-corrected chi connectivity index (χ2v) is 14.4. The van der Waals surface area contributed by atoms with Crippen molar-refractivity contribution < 1.29 is 22.7 Å². The summed E-state index contributed by atoms with van der Waals surface area (Å²) >= 11 is 1.54. The molecule has 5 rings (SSSR count). The van der Waals surface area contributed by atoms with E-state index < -0.39 is 9.84 Å². The first-order valence-corrected chi connectivity index (χ1v) is 16.9. The number of carbonyl (C=O) groups is 1. The van der Waals surface area contributed by atoms with E-state index in [4.69, 9.17) is 9.47 Å². The molecule has 13 heteroatoms. The largest absolute Gasteiger partial charge is 0.486 e. The Morgan fingerprint density at radius 2 is 1.80 bits per heavy atom. The van der Waals surface area contributed by atoms with Crippen molar-refractivity contribution in [3.63, 3.8) is 0 Å². The van der Waals surface area contributed by atoms with Crippen LogP contribution in [0, 0.1) is 0 Å². The van der Waals surface area contributed by atoms with Crippen LogP contribution in [0.25, 0.3) is 0 Å². The van der Waals surface area contributed by atoms with Crippen molar-refractivity contribution in [3.05, 3.63) is 106 Å². The van der Waals surface area contributed by atoms with Gasteiger partial charge in [0, 0.05) is 16.4 Å². The van der Waals surface area contributed by atoms with Crippen LogP contribution in [0.4, 0.5) is 5.69 Å². The molecule has 0 saturated heterocycles. The summed E-state index contributed by atoms with van der Waals surface area (Å²) in [5, 5.41) is 19.4. The van der Waals surface area contributed by atoms with Gasteiger partial charge in [-0.05, 0) is 71.3 Å². The lowest BCUT2D eigenvalue weighted by molar-refractivity contribution is 0.102. The predicted octanol–water partition coefficient (Wildman–Crippen LogP) is 5.77. The third kappa shape index (κ3) is 8.73. The Bertz CT molecular complexity index is 1840. The van der Waals surface area contributed by atoms with Gasteiger partial charge in [-0.3, -0.25) is 4.79 Å². The number of nitrogens with one attached hydrogen (secondary N) is 2. The number of amides is 1. The topological polar surface area (TPSA) is 149 Å². The standard InChI is InChI=1S/C32H34N6O5S2/c1-32(2,3)28-21-44-30(34-28)20-42-24-11-7-10-23(18-24)31(39)33-26-17-22(14-15-27(26)43-19-29-35-37-38-36-29)9-8-16-45(40,41)25-12-5-4-6-13-25/h4-7,10-15,17-18,21H,8-9,16,19-20H2,1-3H3,(H,33,39)(H,35,36,37,38). The van der Waals surface area contributed by atoms with E-state index in [1.807, 2.05) is 11.4 Å². The van der Waals surface area contributed by atoms with Crippen LogP contribution in [0.2, 0.25) is 0 Å². The first kappa shape index (κ1) is 31.8. The molecule has 0 radical (unpaired) electrons. The van der Waals surface area contributed by atoms with E-state index in [0.29, 0.717) is 52.9 Å². The number of hydrogen-bond acceptors (Lipinski definition) is 10. The molecule has 0 aliphatic carbocycles. The molecule has 3 aromatic carbocycles. The molecule has 11 nitrogen and oxygen atoms in total. The van der Waals surface area contributed by atoms with Crippen LogP contribution in [0.3, 0.4) is 0 Å². The molecule has 2 N–H and O–H groups in total. The molecular weight excluding hydrogens is 613 g/mol. The monoisotopic (exact) mass is 646 g/mol. The smallest absolute Gasteiger partial charge is 0.255 e. The zero-order valence-corrected chi connectivity index (χ0v) is 26.8. The van der Waals surface area contributed by atoms with E-state index in [0.717, 1.165) is 16.3 Å². The van der Waals surface area contributed by atoms with Crippen LogP contribution in [0.1, 0.15) is 59.6 Å². The number of carbonyl (C=O) groups excluding carboxylic acids is 1. The maximum Gasteiger partial charge on any atom is 0.255 e. The lowest BCUT2D eigenvalue weighted by Crippen LogP contribution is -2.14. The van der Waals surface area contributed by atoms with Crippen molar-refractivity contribution in [1.29, 1.82) is 0 Å². The number of rotatable bonds is 13. The SMILES string of the molecule is CC(C)(C)c1csc(COc2cccc(C(=O)Nc3cc(CCCS(=O)(=O)c4ccccc4)ccc3OCc3nnn[nH]3)c2)n1. The van der Waals surface area contributed by atoms with Crippen LogP contribution in [0.15, 0.2) is 83.1 Å². The van der Waals surface area contributed by atoms with E-state index in [1.165, 1.54) is 0 Å². The van der Waals surface area contributed by atoms with Crippen molar-refractivity contribution in [2.75, 3.05) is 11.1 Å². The number of tetrazole rings is 1. The average molecular weight is 647 g/mol. The minimum atomic E-state index is -3.40. The molecule has 1 amide bonds. The number of sulfone groups is 1. The number of anilines is 1.